The highest BCUT2D eigenvalue weighted by molar-refractivity contribution is 5.82. The summed E-state index contributed by atoms with van der Waals surface area (Å²) >= 11 is 0. The van der Waals surface area contributed by atoms with Crippen LogP contribution >= 0.6 is 0 Å². The average Bonchev–Trinajstić information content (AvgIpc) is 2.52. The van der Waals surface area contributed by atoms with E-state index in [4.69, 9.17) is 4.42 Å². The Kier molecular flexibility index (Phi) is 4.38. The predicted molar refractivity (Wildman–Crippen MR) is 95.0 cm³/mol. The first kappa shape index (κ1) is 16.2. The molecular formula is C20H20FNO2. The van der Waals surface area contributed by atoms with Gasteiger partial charge in [0, 0.05) is 18.0 Å². The smallest absolute Gasteiger partial charge is 0.336 e. The monoisotopic (exact) mass is 325 g/mol. The minimum atomic E-state index is -0.399. The quantitative estimate of drug-likeness (QED) is 0.688. The molecule has 0 atom stereocenters. The van der Waals surface area contributed by atoms with E-state index in [1.807, 2.05) is 13.0 Å². The summed E-state index contributed by atoms with van der Waals surface area (Å²) in [6.07, 6.45) is 0. The molecule has 0 saturated heterocycles. The number of fused-ring (bicyclic) bond motifs is 1. The van der Waals surface area contributed by atoms with Gasteiger partial charge < -0.3 is 9.73 Å². The molecular weight excluding hydrogens is 305 g/mol. The number of benzene rings is 2. The number of rotatable bonds is 4. The normalized spacial score (nSPS) is 11.2. The first-order chi connectivity index (χ1) is 11.5. The van der Waals surface area contributed by atoms with Crippen LogP contribution in [0.4, 0.5) is 10.1 Å². The summed E-state index contributed by atoms with van der Waals surface area (Å²) in [5.74, 6) is 0.0530. The second kappa shape index (κ2) is 6.48. The summed E-state index contributed by atoms with van der Waals surface area (Å²) in [7, 11) is 0. The number of halogens is 1. The third-order valence-electron chi connectivity index (χ3n) is 4.18. The number of nitrogens with one attached hydrogen (secondary N) is 1. The third-order valence-corrected chi connectivity index (χ3v) is 4.18. The van der Waals surface area contributed by atoms with E-state index in [2.05, 4.69) is 25.2 Å². The van der Waals surface area contributed by atoms with Gasteiger partial charge in [0.25, 0.3) is 0 Å². The summed E-state index contributed by atoms with van der Waals surface area (Å²) in [6, 6.07) is 11.9. The molecule has 0 aliphatic carbocycles. The Bertz CT molecular complexity index is 944. The Morgan fingerprint density at radius 2 is 1.92 bits per heavy atom. The molecule has 0 amide bonds. The van der Waals surface area contributed by atoms with Crippen LogP contribution in [0.3, 0.4) is 0 Å². The van der Waals surface area contributed by atoms with E-state index in [1.165, 1.54) is 17.7 Å². The zero-order valence-electron chi connectivity index (χ0n) is 14.0. The van der Waals surface area contributed by atoms with Gasteiger partial charge in [-0.3, -0.25) is 0 Å². The van der Waals surface area contributed by atoms with E-state index in [1.54, 1.807) is 18.2 Å². The second-order valence-corrected chi connectivity index (χ2v) is 6.28. The topological polar surface area (TPSA) is 42.2 Å². The maximum atomic E-state index is 13.8. The standard InChI is InChI=1S/C20H20FNO2/c1-12(2)15-10-16-14(9-20(23)24-19(16)8-13(15)3)11-22-18-7-5-4-6-17(18)21/h4-10,12,22H,11H2,1-3H3. The van der Waals surface area contributed by atoms with E-state index in [0.717, 1.165) is 16.5 Å². The molecule has 0 bridgehead atoms. The molecule has 3 aromatic rings. The molecule has 4 heteroatoms. The van der Waals surface area contributed by atoms with Gasteiger partial charge in [-0.05, 0) is 53.8 Å². The van der Waals surface area contributed by atoms with Crippen LogP contribution in [-0.4, -0.2) is 0 Å². The van der Waals surface area contributed by atoms with Crippen molar-refractivity contribution in [1.82, 2.24) is 0 Å². The summed E-state index contributed by atoms with van der Waals surface area (Å²) in [5.41, 5.74) is 3.68. The van der Waals surface area contributed by atoms with Crippen molar-refractivity contribution in [3.63, 3.8) is 0 Å². The number of hydrogen-bond donors (Lipinski definition) is 1. The fourth-order valence-corrected chi connectivity index (χ4v) is 2.95. The molecule has 3 rings (SSSR count). The van der Waals surface area contributed by atoms with Crippen molar-refractivity contribution in [2.75, 3.05) is 5.32 Å². The van der Waals surface area contributed by atoms with Crippen LogP contribution in [0.1, 0.15) is 36.5 Å². The average molecular weight is 325 g/mol. The summed E-state index contributed by atoms with van der Waals surface area (Å²) in [4.78, 5) is 11.8. The van der Waals surface area contributed by atoms with Crippen molar-refractivity contribution in [3.05, 3.63) is 75.4 Å². The lowest BCUT2D eigenvalue weighted by Crippen LogP contribution is -2.07. The van der Waals surface area contributed by atoms with Crippen LogP contribution < -0.4 is 10.9 Å². The summed E-state index contributed by atoms with van der Waals surface area (Å²) in [6.45, 7) is 6.62. The van der Waals surface area contributed by atoms with Crippen LogP contribution in [0.5, 0.6) is 0 Å². The maximum Gasteiger partial charge on any atom is 0.336 e. The van der Waals surface area contributed by atoms with Gasteiger partial charge in [0.05, 0.1) is 5.69 Å². The van der Waals surface area contributed by atoms with Crippen molar-refractivity contribution >= 4 is 16.7 Å². The lowest BCUT2D eigenvalue weighted by Gasteiger charge is -2.14. The lowest BCUT2D eigenvalue weighted by molar-refractivity contribution is 0.558. The Hall–Kier alpha value is -2.62. The van der Waals surface area contributed by atoms with Gasteiger partial charge in [-0.25, -0.2) is 9.18 Å². The highest BCUT2D eigenvalue weighted by Gasteiger charge is 2.11. The van der Waals surface area contributed by atoms with Crippen LogP contribution in [0.25, 0.3) is 11.0 Å². The summed E-state index contributed by atoms with van der Waals surface area (Å²) in [5, 5.41) is 3.94. The molecule has 0 fully saturated rings. The molecule has 0 saturated carbocycles. The molecule has 0 aliphatic heterocycles. The van der Waals surface area contributed by atoms with Crippen molar-refractivity contribution in [1.29, 1.82) is 0 Å². The van der Waals surface area contributed by atoms with Crippen molar-refractivity contribution in [2.45, 2.75) is 33.2 Å². The first-order valence-electron chi connectivity index (χ1n) is 8.01. The molecule has 1 aromatic heterocycles. The number of hydrogen-bond acceptors (Lipinski definition) is 3. The van der Waals surface area contributed by atoms with E-state index in [9.17, 15) is 9.18 Å². The molecule has 1 N–H and O–H groups in total. The fraction of sp³-hybridized carbons (Fsp3) is 0.250. The maximum absolute atomic E-state index is 13.8. The molecule has 0 unspecified atom stereocenters. The molecule has 24 heavy (non-hydrogen) atoms. The molecule has 0 spiro atoms. The van der Waals surface area contributed by atoms with E-state index >= 15 is 0 Å². The molecule has 1 heterocycles. The Labute approximate surface area is 140 Å². The highest BCUT2D eigenvalue weighted by Crippen LogP contribution is 2.27. The van der Waals surface area contributed by atoms with Gasteiger partial charge >= 0.3 is 5.63 Å². The van der Waals surface area contributed by atoms with Crippen molar-refractivity contribution in [2.24, 2.45) is 0 Å². The van der Waals surface area contributed by atoms with Crippen LogP contribution in [0.15, 0.2) is 51.7 Å². The summed E-state index contributed by atoms with van der Waals surface area (Å²) < 4.78 is 19.1. The van der Waals surface area contributed by atoms with Gasteiger partial charge in [-0.15, -0.1) is 0 Å². The van der Waals surface area contributed by atoms with E-state index < -0.39 is 5.63 Å². The van der Waals surface area contributed by atoms with Crippen LogP contribution in [0.2, 0.25) is 0 Å². The number of para-hydroxylation sites is 1. The van der Waals surface area contributed by atoms with Crippen molar-refractivity contribution < 1.29 is 8.81 Å². The Morgan fingerprint density at radius 1 is 1.17 bits per heavy atom. The third kappa shape index (κ3) is 3.18. The van der Waals surface area contributed by atoms with Gasteiger partial charge in [-0.1, -0.05) is 26.0 Å². The number of anilines is 1. The fourth-order valence-electron chi connectivity index (χ4n) is 2.95. The largest absolute Gasteiger partial charge is 0.423 e. The van der Waals surface area contributed by atoms with Gasteiger partial charge in [-0.2, -0.15) is 0 Å². The zero-order valence-corrected chi connectivity index (χ0v) is 14.0. The first-order valence-corrected chi connectivity index (χ1v) is 8.01. The number of aryl methyl sites for hydroxylation is 1. The van der Waals surface area contributed by atoms with E-state index in [-0.39, 0.29) is 5.82 Å². The Balaban J connectivity index is 2.04. The van der Waals surface area contributed by atoms with Crippen molar-refractivity contribution in [3.8, 4) is 0 Å². The van der Waals surface area contributed by atoms with E-state index in [0.29, 0.717) is 23.7 Å². The van der Waals surface area contributed by atoms with Crippen LogP contribution in [-0.2, 0) is 6.54 Å². The molecule has 3 nitrogen and oxygen atoms in total. The minimum Gasteiger partial charge on any atom is -0.423 e. The SMILES string of the molecule is Cc1cc2oc(=O)cc(CNc3ccccc3F)c2cc1C(C)C. The molecule has 2 aromatic carbocycles. The van der Waals surface area contributed by atoms with Crippen LogP contribution in [0, 0.1) is 12.7 Å². The lowest BCUT2D eigenvalue weighted by atomic mass is 9.95. The molecule has 0 radical (unpaired) electrons. The molecule has 124 valence electrons. The Morgan fingerprint density at radius 3 is 2.62 bits per heavy atom. The van der Waals surface area contributed by atoms with Gasteiger partial charge in [0.1, 0.15) is 11.4 Å². The minimum absolute atomic E-state index is 0.316. The highest BCUT2D eigenvalue weighted by atomic mass is 19.1. The van der Waals surface area contributed by atoms with Gasteiger partial charge in [0.2, 0.25) is 0 Å². The van der Waals surface area contributed by atoms with Gasteiger partial charge in [0.15, 0.2) is 0 Å². The zero-order chi connectivity index (χ0) is 17.3. The molecule has 0 aliphatic rings. The second-order valence-electron chi connectivity index (χ2n) is 6.28. The predicted octanol–water partition coefficient (Wildman–Crippen LogP) is 4.98.